The van der Waals surface area contributed by atoms with E-state index in [1.807, 2.05) is 73.7 Å². The fraction of sp³-hybridized carbons (Fsp3) is 0.267. The zero-order chi connectivity index (χ0) is 27.6. The number of nitrogens with one attached hydrogen (secondary N) is 1. The van der Waals surface area contributed by atoms with Gasteiger partial charge in [0.05, 0.1) is 29.0 Å². The van der Waals surface area contributed by atoms with E-state index < -0.39 is 27.4 Å². The van der Waals surface area contributed by atoms with Crippen LogP contribution in [-0.2, 0) is 26.0 Å². The first kappa shape index (κ1) is 27.2. The van der Waals surface area contributed by atoms with Crippen molar-refractivity contribution in [2.24, 2.45) is 0 Å². The normalized spacial score (nSPS) is 15.1. The Morgan fingerprint density at radius 1 is 1.00 bits per heavy atom. The molecule has 0 saturated heterocycles. The van der Waals surface area contributed by atoms with Crippen LogP contribution in [0.25, 0.3) is 22.5 Å². The number of benzene rings is 3. The topological polar surface area (TPSA) is 110 Å². The van der Waals surface area contributed by atoms with Crippen molar-refractivity contribution in [2.45, 2.75) is 37.0 Å². The fourth-order valence-corrected chi connectivity index (χ4v) is 6.23. The van der Waals surface area contributed by atoms with Gasteiger partial charge in [-0.25, -0.2) is 8.42 Å². The number of aryl methyl sites for hydroxylation is 1. The zero-order valence-electron chi connectivity index (χ0n) is 21.8. The number of carbonyl (C=O) groups excluding carboxylic acids is 1. The smallest absolute Gasteiger partial charge is 0.244 e. The molecule has 1 amide bonds. The Kier molecular flexibility index (Phi) is 7.66. The standard InChI is InChI=1S/C30H30N2O5S2/c1-20-27(26(33)19-38-18-21-6-4-3-5-7-21)28(37-31-20)24-10-8-22(9-11-24)23-12-14-25(15-13-23)30(16-17-30)29(34)32-39(2,35)36/h3-15,26,33H,16-19H2,1-2H3,(H,32,34). The van der Waals surface area contributed by atoms with E-state index in [0.29, 0.717) is 35.6 Å². The quantitative estimate of drug-likeness (QED) is 0.267. The minimum absolute atomic E-state index is 0.471. The molecule has 0 radical (unpaired) electrons. The van der Waals surface area contributed by atoms with E-state index in [0.717, 1.165) is 34.3 Å². The number of sulfonamides is 1. The monoisotopic (exact) mass is 562 g/mol. The van der Waals surface area contributed by atoms with Gasteiger partial charge in [0.1, 0.15) is 0 Å². The highest BCUT2D eigenvalue weighted by Gasteiger charge is 2.52. The highest BCUT2D eigenvalue weighted by Crippen LogP contribution is 2.48. The van der Waals surface area contributed by atoms with Gasteiger partial charge in [-0.15, -0.1) is 0 Å². The van der Waals surface area contributed by atoms with Crippen LogP contribution in [0.1, 0.15) is 41.3 Å². The van der Waals surface area contributed by atoms with Gasteiger partial charge in [-0.05, 0) is 42.0 Å². The predicted octanol–water partition coefficient (Wildman–Crippen LogP) is 5.39. The van der Waals surface area contributed by atoms with Crippen molar-refractivity contribution in [3.05, 3.63) is 101 Å². The second-order valence-electron chi connectivity index (χ2n) is 9.97. The maximum absolute atomic E-state index is 12.5. The molecule has 1 aliphatic carbocycles. The number of rotatable bonds is 10. The zero-order valence-corrected chi connectivity index (χ0v) is 23.4. The second-order valence-corrected chi connectivity index (χ2v) is 12.7. The molecule has 202 valence electrons. The first-order chi connectivity index (χ1) is 18.7. The van der Waals surface area contributed by atoms with Crippen LogP contribution < -0.4 is 4.72 Å². The number of thioether (sulfide) groups is 1. The number of hydrogen-bond acceptors (Lipinski definition) is 7. The first-order valence-corrected chi connectivity index (χ1v) is 15.7. The number of carbonyl (C=O) groups is 1. The van der Waals surface area contributed by atoms with Crippen molar-refractivity contribution < 1.29 is 22.8 Å². The van der Waals surface area contributed by atoms with Crippen LogP contribution in [0, 0.1) is 6.92 Å². The highest BCUT2D eigenvalue weighted by atomic mass is 32.2. The number of aromatic nitrogens is 1. The third-order valence-corrected chi connectivity index (χ3v) is 8.65. The molecule has 1 unspecified atom stereocenters. The molecule has 1 aromatic heterocycles. The lowest BCUT2D eigenvalue weighted by atomic mass is 9.93. The lowest BCUT2D eigenvalue weighted by Crippen LogP contribution is -2.38. The molecule has 1 saturated carbocycles. The number of amides is 1. The number of nitrogens with zero attached hydrogens (tertiary/aromatic N) is 1. The minimum Gasteiger partial charge on any atom is -0.387 e. The van der Waals surface area contributed by atoms with Gasteiger partial charge in [0.25, 0.3) is 0 Å². The summed E-state index contributed by atoms with van der Waals surface area (Å²) in [6.45, 7) is 1.84. The van der Waals surface area contributed by atoms with Gasteiger partial charge in [-0.1, -0.05) is 84.0 Å². The molecule has 7 nitrogen and oxygen atoms in total. The molecule has 4 aromatic rings. The van der Waals surface area contributed by atoms with E-state index >= 15 is 0 Å². The van der Waals surface area contributed by atoms with Crippen molar-refractivity contribution in [1.82, 2.24) is 9.88 Å². The lowest BCUT2D eigenvalue weighted by Gasteiger charge is -2.15. The van der Waals surface area contributed by atoms with Crippen LogP contribution >= 0.6 is 11.8 Å². The SMILES string of the molecule is Cc1noc(-c2ccc(-c3ccc(C4(C(=O)NS(C)(=O)=O)CC4)cc3)cc2)c1C(O)CSCc1ccccc1. The van der Waals surface area contributed by atoms with Crippen molar-refractivity contribution in [3.8, 4) is 22.5 Å². The Balaban J connectivity index is 1.28. The van der Waals surface area contributed by atoms with Crippen LogP contribution in [0.2, 0.25) is 0 Å². The summed E-state index contributed by atoms with van der Waals surface area (Å²) in [7, 11) is -3.60. The second kappa shape index (κ2) is 11.0. The summed E-state index contributed by atoms with van der Waals surface area (Å²) in [6.07, 6.45) is 1.53. The summed E-state index contributed by atoms with van der Waals surface area (Å²) in [6, 6.07) is 25.7. The predicted molar refractivity (Wildman–Crippen MR) is 154 cm³/mol. The van der Waals surface area contributed by atoms with Gasteiger partial charge in [0, 0.05) is 17.1 Å². The molecule has 9 heteroatoms. The van der Waals surface area contributed by atoms with E-state index in [9.17, 15) is 18.3 Å². The Morgan fingerprint density at radius 3 is 2.18 bits per heavy atom. The maximum Gasteiger partial charge on any atom is 0.244 e. The van der Waals surface area contributed by atoms with E-state index in [1.54, 1.807) is 11.8 Å². The molecule has 1 heterocycles. The van der Waals surface area contributed by atoms with E-state index in [2.05, 4.69) is 22.0 Å². The molecule has 1 atom stereocenters. The van der Waals surface area contributed by atoms with Gasteiger partial charge >= 0.3 is 0 Å². The first-order valence-electron chi connectivity index (χ1n) is 12.7. The molecule has 1 fully saturated rings. The Hall–Kier alpha value is -3.40. The van der Waals surface area contributed by atoms with Crippen LogP contribution in [-0.4, -0.2) is 36.6 Å². The average Bonchev–Trinajstić information content (AvgIpc) is 3.65. The van der Waals surface area contributed by atoms with E-state index in [4.69, 9.17) is 4.52 Å². The Morgan fingerprint density at radius 2 is 1.59 bits per heavy atom. The van der Waals surface area contributed by atoms with Gasteiger partial charge in [0.2, 0.25) is 15.9 Å². The van der Waals surface area contributed by atoms with Gasteiger partial charge in [-0.2, -0.15) is 11.8 Å². The van der Waals surface area contributed by atoms with Crippen LogP contribution in [0.3, 0.4) is 0 Å². The third kappa shape index (κ3) is 6.11. The van der Waals surface area contributed by atoms with Gasteiger partial charge in [-0.3, -0.25) is 9.52 Å². The molecule has 2 N–H and O–H groups in total. The molecular weight excluding hydrogens is 532 g/mol. The van der Waals surface area contributed by atoms with Crippen molar-refractivity contribution in [2.75, 3.05) is 12.0 Å². The molecule has 1 aliphatic rings. The molecule has 3 aromatic carbocycles. The number of hydrogen-bond donors (Lipinski definition) is 2. The van der Waals surface area contributed by atoms with Gasteiger partial charge < -0.3 is 9.63 Å². The summed E-state index contributed by atoms with van der Waals surface area (Å²) in [5.41, 5.74) is 5.40. The molecule has 5 rings (SSSR count). The summed E-state index contributed by atoms with van der Waals surface area (Å²) in [5, 5.41) is 15.1. The summed E-state index contributed by atoms with van der Waals surface area (Å²) < 4.78 is 30.8. The number of aliphatic hydroxyl groups is 1. The summed E-state index contributed by atoms with van der Waals surface area (Å²) in [4.78, 5) is 12.5. The Labute approximate surface area is 232 Å². The molecule has 0 bridgehead atoms. The summed E-state index contributed by atoms with van der Waals surface area (Å²) in [5.74, 6) is 1.43. The number of aliphatic hydroxyl groups excluding tert-OH is 1. The molecule has 0 spiro atoms. The summed E-state index contributed by atoms with van der Waals surface area (Å²) >= 11 is 1.66. The average molecular weight is 563 g/mol. The molecule has 0 aliphatic heterocycles. The highest BCUT2D eigenvalue weighted by molar-refractivity contribution is 7.98. The molecular formula is C30H30N2O5S2. The minimum atomic E-state index is -3.60. The van der Waals surface area contributed by atoms with Crippen molar-refractivity contribution in [3.63, 3.8) is 0 Å². The third-order valence-electron chi connectivity index (χ3n) is 7.01. The van der Waals surface area contributed by atoms with Gasteiger partial charge in [0.15, 0.2) is 5.76 Å². The van der Waals surface area contributed by atoms with Crippen LogP contribution in [0.15, 0.2) is 83.4 Å². The van der Waals surface area contributed by atoms with Crippen molar-refractivity contribution in [1.29, 1.82) is 0 Å². The van der Waals surface area contributed by atoms with Crippen LogP contribution in [0.4, 0.5) is 0 Å². The van der Waals surface area contributed by atoms with E-state index in [-0.39, 0.29) is 0 Å². The maximum atomic E-state index is 12.5. The molecule has 39 heavy (non-hydrogen) atoms. The van der Waals surface area contributed by atoms with Crippen molar-refractivity contribution >= 4 is 27.7 Å². The van der Waals surface area contributed by atoms with E-state index in [1.165, 1.54) is 5.56 Å². The largest absolute Gasteiger partial charge is 0.387 e. The lowest BCUT2D eigenvalue weighted by molar-refractivity contribution is -0.121. The fourth-order valence-electron chi connectivity index (χ4n) is 4.76. The van der Waals surface area contributed by atoms with Crippen LogP contribution in [0.5, 0.6) is 0 Å². The Bertz CT molecular complexity index is 1560.